The molecule has 0 heterocycles. The van der Waals surface area contributed by atoms with Crippen LogP contribution in [0.15, 0.2) is 0 Å². The van der Waals surface area contributed by atoms with Crippen LogP contribution in [0, 0.1) is 0 Å². The molecule has 0 aromatic heterocycles. The topological polar surface area (TPSA) is 0 Å². The number of hydrogen-bond donors (Lipinski definition) is 0. The Kier molecular flexibility index (Phi) is 45.3. The van der Waals surface area contributed by atoms with E-state index in [1.165, 1.54) is 6.42 Å². The Balaban J connectivity index is -0.0000000267. The summed E-state index contributed by atoms with van der Waals surface area (Å²) in [6, 6.07) is 0. The summed E-state index contributed by atoms with van der Waals surface area (Å²) in [6.45, 7) is 4.44. The van der Waals surface area contributed by atoms with E-state index in [2.05, 4.69) is 35.6 Å². The van der Waals surface area contributed by atoms with E-state index in [4.69, 9.17) is 0 Å². The van der Waals surface area contributed by atoms with Crippen LogP contribution in [0.2, 0.25) is 4.05 Å². The summed E-state index contributed by atoms with van der Waals surface area (Å²) in [4.78, 5) is 0. The molecule has 1 unspecified atom stereocenters. The predicted octanol–water partition coefficient (Wildman–Crippen LogP) is -7.61. The van der Waals surface area contributed by atoms with Crippen LogP contribution in [-0.2, 0) is 0 Å². The third-order valence-electron chi connectivity index (χ3n) is 0.697. The minimum absolute atomic E-state index is 0. The van der Waals surface area contributed by atoms with Gasteiger partial charge in [-0.1, -0.05) is 0 Å². The minimum Gasteiger partial charge on any atom is -1.00 e. The molecule has 0 rings (SSSR count). The number of hydrogen-bond acceptors (Lipinski definition) is 0. The average molecular weight is 248 g/mol. The Morgan fingerprint density at radius 3 is 1.50 bits per heavy atom. The van der Waals surface area contributed by atoms with Crippen LogP contribution in [0.3, 0.4) is 0 Å². The molecule has 0 aromatic carbocycles. The molecule has 0 aromatic rings. The second kappa shape index (κ2) is 16.2. The molecule has 1 atom stereocenters. The van der Waals surface area contributed by atoms with Crippen LogP contribution in [0.25, 0.3) is 0 Å². The number of halogens is 2. The van der Waals surface area contributed by atoms with Crippen LogP contribution in [0.4, 0.5) is 0 Å². The molecule has 0 spiro atoms. The summed E-state index contributed by atoms with van der Waals surface area (Å²) in [6.07, 6.45) is 1.32. The zero-order chi connectivity index (χ0) is 4.28. The number of rotatable bonds is 1. The summed E-state index contributed by atoms with van der Waals surface area (Å²) < 4.78 is 0.912. The van der Waals surface area contributed by atoms with Crippen molar-refractivity contribution in [3.05, 3.63) is 0 Å². The fourth-order valence-electron chi connectivity index (χ4n) is 0. The van der Waals surface area contributed by atoms with Gasteiger partial charge in [0, 0.05) is 0 Å². The quantitative estimate of drug-likeness (QED) is 0.404. The second-order valence-electron chi connectivity index (χ2n) is 1.51. The van der Waals surface area contributed by atoms with Crippen molar-refractivity contribution >= 4 is 21.7 Å². The van der Waals surface area contributed by atoms with Crippen molar-refractivity contribution in [2.24, 2.45) is 0 Å². The standard InChI is InChI=1S/C4H9.2BrH.Li.Mg/c1-3-4-2;;;;/h3H,4H2,1-2H3;2*1H;;/q;;;2*+1/p-2. The summed E-state index contributed by atoms with van der Waals surface area (Å²) in [5.74, 6) is 0. The largest absolute Gasteiger partial charge is 1.00 e. The third kappa shape index (κ3) is 23.9. The van der Waals surface area contributed by atoms with Gasteiger partial charge in [0.2, 0.25) is 0 Å². The Labute approximate surface area is 97.7 Å². The summed E-state index contributed by atoms with van der Waals surface area (Å²) in [7, 11) is 0. The zero-order valence-electron chi connectivity index (χ0n) is 5.75. The minimum atomic E-state index is 0. The Bertz CT molecular complexity index is 28.0. The summed E-state index contributed by atoms with van der Waals surface area (Å²) in [5, 5.41) is 0. The van der Waals surface area contributed by atoms with Gasteiger partial charge in [0.1, 0.15) is 0 Å². The van der Waals surface area contributed by atoms with Gasteiger partial charge in [-0.15, -0.1) is 0 Å². The fourth-order valence-corrected chi connectivity index (χ4v) is 0. The fraction of sp³-hybridized carbons (Fsp3) is 1.00. The van der Waals surface area contributed by atoms with Crippen LogP contribution in [-0.4, -0.2) is 21.7 Å². The van der Waals surface area contributed by atoms with Gasteiger partial charge in [-0.3, -0.25) is 0 Å². The Morgan fingerprint density at radius 1 is 1.38 bits per heavy atom. The van der Waals surface area contributed by atoms with Gasteiger partial charge in [0.25, 0.3) is 0 Å². The van der Waals surface area contributed by atoms with Gasteiger partial charge in [-0.05, 0) is 0 Å². The SMILES string of the molecule is CC[CH](C)[Mg+].[Br-].[Br-].[Li+]. The first kappa shape index (κ1) is 22.4. The maximum Gasteiger partial charge on any atom is 1.00 e. The van der Waals surface area contributed by atoms with Gasteiger partial charge < -0.3 is 34.0 Å². The molecule has 0 radical (unpaired) electrons. The van der Waals surface area contributed by atoms with E-state index in [1.807, 2.05) is 0 Å². The monoisotopic (exact) mass is 246 g/mol. The smallest absolute Gasteiger partial charge is 1.00 e. The van der Waals surface area contributed by atoms with Crippen LogP contribution in [0.5, 0.6) is 0 Å². The first-order valence-electron chi connectivity index (χ1n) is 2.10. The van der Waals surface area contributed by atoms with Crippen molar-refractivity contribution in [2.75, 3.05) is 0 Å². The van der Waals surface area contributed by atoms with E-state index in [-0.39, 0.29) is 52.8 Å². The average Bonchev–Trinajstić information content (AvgIpc) is 1.38. The molecule has 0 aliphatic heterocycles. The van der Waals surface area contributed by atoms with Crippen LogP contribution in [0.1, 0.15) is 20.3 Å². The van der Waals surface area contributed by atoms with Crippen molar-refractivity contribution in [3.63, 3.8) is 0 Å². The van der Waals surface area contributed by atoms with E-state index in [0.29, 0.717) is 0 Å². The van der Waals surface area contributed by atoms with Crippen LogP contribution < -0.4 is 52.8 Å². The molecule has 0 N–H and O–H groups in total. The molecule has 0 aliphatic rings. The first-order chi connectivity index (χ1) is 2.27. The van der Waals surface area contributed by atoms with E-state index in [9.17, 15) is 0 Å². The molecular formula is C4H9Br2LiMg. The molecule has 0 aliphatic carbocycles. The predicted molar refractivity (Wildman–Crippen MR) is 25.5 cm³/mol. The molecule has 0 nitrogen and oxygen atoms in total. The zero-order valence-corrected chi connectivity index (χ0v) is 10.3. The Morgan fingerprint density at radius 2 is 1.50 bits per heavy atom. The molecule has 0 bridgehead atoms. The van der Waals surface area contributed by atoms with Crippen molar-refractivity contribution in [1.29, 1.82) is 0 Å². The normalized spacial score (nSPS) is 9.50. The first-order valence-corrected chi connectivity index (χ1v) is 2.92. The van der Waals surface area contributed by atoms with E-state index < -0.39 is 0 Å². The molecule has 0 saturated heterocycles. The van der Waals surface area contributed by atoms with Crippen molar-refractivity contribution < 1.29 is 52.8 Å². The maximum atomic E-state index is 2.23. The van der Waals surface area contributed by atoms with Crippen molar-refractivity contribution in [3.8, 4) is 0 Å². The Hall–Kier alpha value is 2.32. The summed E-state index contributed by atoms with van der Waals surface area (Å²) in [5.41, 5.74) is 0. The van der Waals surface area contributed by atoms with Gasteiger partial charge in [0.15, 0.2) is 0 Å². The van der Waals surface area contributed by atoms with Gasteiger partial charge in [-0.25, -0.2) is 0 Å². The second-order valence-corrected chi connectivity index (χ2v) is 2.91. The molecule has 4 heteroatoms. The van der Waals surface area contributed by atoms with Crippen molar-refractivity contribution in [1.82, 2.24) is 0 Å². The molecule has 0 amide bonds. The molecule has 42 valence electrons. The van der Waals surface area contributed by atoms with Gasteiger partial charge in [-0.2, -0.15) is 0 Å². The maximum absolute atomic E-state index is 2.23. The van der Waals surface area contributed by atoms with Gasteiger partial charge >= 0.3 is 64.9 Å². The molecule has 8 heavy (non-hydrogen) atoms. The molecule has 0 saturated carbocycles. The molecular weight excluding hydrogens is 239 g/mol. The van der Waals surface area contributed by atoms with Crippen molar-refractivity contribution in [2.45, 2.75) is 24.3 Å². The van der Waals surface area contributed by atoms with Gasteiger partial charge in [0.05, 0.1) is 0 Å². The summed E-state index contributed by atoms with van der Waals surface area (Å²) >= 11 is 2.05. The van der Waals surface area contributed by atoms with Crippen LogP contribution >= 0.6 is 0 Å². The third-order valence-corrected chi connectivity index (χ3v) is 1.27. The van der Waals surface area contributed by atoms with E-state index in [0.717, 1.165) is 4.05 Å². The molecule has 0 fully saturated rings. The van der Waals surface area contributed by atoms with E-state index in [1.54, 1.807) is 0 Å². The van der Waals surface area contributed by atoms with E-state index >= 15 is 0 Å².